The van der Waals surface area contributed by atoms with Crippen LogP contribution >= 0.6 is 15.9 Å². The van der Waals surface area contributed by atoms with Gasteiger partial charge in [-0.2, -0.15) is 4.98 Å². The SMILES string of the molecule is CCNc1ncc(Br)c(NC(C)c2ncc(C)o2)n1. The van der Waals surface area contributed by atoms with Crippen molar-refractivity contribution in [2.45, 2.75) is 26.8 Å². The summed E-state index contributed by atoms with van der Waals surface area (Å²) < 4.78 is 6.28. The number of nitrogens with zero attached hydrogens (tertiary/aromatic N) is 3. The second kappa shape index (κ2) is 6.01. The zero-order valence-corrected chi connectivity index (χ0v) is 12.7. The fourth-order valence-electron chi connectivity index (χ4n) is 1.55. The summed E-state index contributed by atoms with van der Waals surface area (Å²) in [6, 6.07) is -0.0747. The van der Waals surface area contributed by atoms with Gasteiger partial charge >= 0.3 is 0 Å². The molecule has 19 heavy (non-hydrogen) atoms. The van der Waals surface area contributed by atoms with Crippen LogP contribution < -0.4 is 10.6 Å². The minimum absolute atomic E-state index is 0.0747. The molecule has 102 valence electrons. The van der Waals surface area contributed by atoms with Gasteiger partial charge in [0, 0.05) is 12.7 Å². The number of nitrogens with one attached hydrogen (secondary N) is 2. The summed E-state index contributed by atoms with van der Waals surface area (Å²) in [5, 5.41) is 6.31. The summed E-state index contributed by atoms with van der Waals surface area (Å²) >= 11 is 3.42. The van der Waals surface area contributed by atoms with E-state index < -0.39 is 0 Å². The summed E-state index contributed by atoms with van der Waals surface area (Å²) in [6.07, 6.45) is 3.41. The highest BCUT2D eigenvalue weighted by Crippen LogP contribution is 2.24. The zero-order valence-electron chi connectivity index (χ0n) is 11.1. The van der Waals surface area contributed by atoms with Crippen molar-refractivity contribution in [2.75, 3.05) is 17.2 Å². The maximum atomic E-state index is 5.49. The Kier molecular flexibility index (Phi) is 4.36. The van der Waals surface area contributed by atoms with Crippen molar-refractivity contribution < 1.29 is 4.42 Å². The van der Waals surface area contributed by atoms with E-state index in [0.29, 0.717) is 17.7 Å². The Bertz CT molecular complexity index is 557. The molecule has 7 heteroatoms. The maximum Gasteiger partial charge on any atom is 0.224 e. The third-order valence-corrected chi connectivity index (χ3v) is 3.02. The topological polar surface area (TPSA) is 75.9 Å². The number of anilines is 2. The largest absolute Gasteiger partial charge is 0.444 e. The normalized spacial score (nSPS) is 12.2. The molecule has 0 bridgehead atoms. The first kappa shape index (κ1) is 13.8. The number of aryl methyl sites for hydroxylation is 1. The molecular formula is C12H16BrN5O. The molecule has 2 aromatic heterocycles. The van der Waals surface area contributed by atoms with Crippen LogP contribution in [0.4, 0.5) is 11.8 Å². The average Bonchev–Trinajstić information content (AvgIpc) is 2.80. The van der Waals surface area contributed by atoms with Gasteiger partial charge in [-0.3, -0.25) is 0 Å². The fourth-order valence-corrected chi connectivity index (χ4v) is 1.86. The molecule has 0 fully saturated rings. The first-order valence-electron chi connectivity index (χ1n) is 6.05. The van der Waals surface area contributed by atoms with Crippen molar-refractivity contribution in [3.8, 4) is 0 Å². The van der Waals surface area contributed by atoms with Gasteiger partial charge < -0.3 is 15.1 Å². The Morgan fingerprint density at radius 2 is 2.16 bits per heavy atom. The van der Waals surface area contributed by atoms with Crippen LogP contribution in [0.2, 0.25) is 0 Å². The Morgan fingerprint density at radius 1 is 1.37 bits per heavy atom. The minimum atomic E-state index is -0.0747. The maximum absolute atomic E-state index is 5.49. The van der Waals surface area contributed by atoms with E-state index in [9.17, 15) is 0 Å². The van der Waals surface area contributed by atoms with Crippen LogP contribution in [0.1, 0.15) is 31.5 Å². The molecule has 2 rings (SSSR count). The molecule has 0 aromatic carbocycles. The molecule has 0 aliphatic carbocycles. The number of hydrogen-bond acceptors (Lipinski definition) is 6. The second-order valence-corrected chi connectivity index (χ2v) is 4.95. The van der Waals surface area contributed by atoms with Crippen LogP contribution in [0.5, 0.6) is 0 Å². The van der Waals surface area contributed by atoms with Gasteiger partial charge in [0.25, 0.3) is 0 Å². The Hall–Kier alpha value is -1.63. The smallest absolute Gasteiger partial charge is 0.224 e. The van der Waals surface area contributed by atoms with Crippen LogP contribution in [0.3, 0.4) is 0 Å². The Labute approximate surface area is 120 Å². The molecule has 0 radical (unpaired) electrons. The van der Waals surface area contributed by atoms with Crippen molar-refractivity contribution in [1.82, 2.24) is 15.0 Å². The Balaban J connectivity index is 2.15. The second-order valence-electron chi connectivity index (χ2n) is 4.10. The lowest BCUT2D eigenvalue weighted by Crippen LogP contribution is -2.11. The molecule has 2 N–H and O–H groups in total. The lowest BCUT2D eigenvalue weighted by Gasteiger charge is -2.13. The summed E-state index contributed by atoms with van der Waals surface area (Å²) in [7, 11) is 0. The van der Waals surface area contributed by atoms with Gasteiger partial charge in [0.2, 0.25) is 11.8 Å². The van der Waals surface area contributed by atoms with Crippen molar-refractivity contribution in [1.29, 1.82) is 0 Å². The molecule has 0 amide bonds. The highest BCUT2D eigenvalue weighted by Gasteiger charge is 2.14. The predicted molar refractivity (Wildman–Crippen MR) is 77.2 cm³/mol. The molecule has 0 spiro atoms. The number of hydrogen-bond donors (Lipinski definition) is 2. The lowest BCUT2D eigenvalue weighted by molar-refractivity contribution is 0.453. The van der Waals surface area contributed by atoms with Gasteiger partial charge in [0.15, 0.2) is 0 Å². The van der Waals surface area contributed by atoms with Crippen LogP contribution in [-0.2, 0) is 0 Å². The van der Waals surface area contributed by atoms with Crippen LogP contribution in [0.25, 0.3) is 0 Å². The summed E-state index contributed by atoms with van der Waals surface area (Å²) in [5.41, 5.74) is 0. The number of halogens is 1. The van der Waals surface area contributed by atoms with Gasteiger partial charge in [-0.25, -0.2) is 9.97 Å². The molecule has 0 saturated carbocycles. The summed E-state index contributed by atoms with van der Waals surface area (Å²) in [6.45, 7) is 6.60. The molecule has 0 aliphatic heterocycles. The highest BCUT2D eigenvalue weighted by molar-refractivity contribution is 9.10. The quantitative estimate of drug-likeness (QED) is 0.879. The van der Waals surface area contributed by atoms with E-state index in [-0.39, 0.29) is 6.04 Å². The minimum Gasteiger partial charge on any atom is -0.444 e. The van der Waals surface area contributed by atoms with Crippen molar-refractivity contribution >= 4 is 27.7 Å². The van der Waals surface area contributed by atoms with E-state index in [1.165, 1.54) is 0 Å². The Morgan fingerprint density at radius 3 is 2.79 bits per heavy atom. The average molecular weight is 326 g/mol. The number of aromatic nitrogens is 3. The molecule has 2 aromatic rings. The van der Waals surface area contributed by atoms with Gasteiger partial charge in [-0.1, -0.05) is 0 Å². The molecular weight excluding hydrogens is 310 g/mol. The molecule has 1 unspecified atom stereocenters. The zero-order chi connectivity index (χ0) is 13.8. The summed E-state index contributed by atoms with van der Waals surface area (Å²) in [4.78, 5) is 12.7. The highest BCUT2D eigenvalue weighted by atomic mass is 79.9. The fraction of sp³-hybridized carbons (Fsp3) is 0.417. The van der Waals surface area contributed by atoms with E-state index in [0.717, 1.165) is 16.8 Å². The third kappa shape index (κ3) is 3.44. The standard InChI is InChI=1S/C12H16BrN5O/c1-4-14-12-16-6-9(13)10(18-12)17-8(3)11-15-5-7(2)19-11/h5-6,8H,4H2,1-3H3,(H2,14,16,17,18). The lowest BCUT2D eigenvalue weighted by atomic mass is 10.3. The first-order valence-corrected chi connectivity index (χ1v) is 6.84. The third-order valence-electron chi connectivity index (χ3n) is 2.44. The monoisotopic (exact) mass is 325 g/mol. The van der Waals surface area contributed by atoms with Gasteiger partial charge in [-0.05, 0) is 36.7 Å². The van der Waals surface area contributed by atoms with E-state index >= 15 is 0 Å². The molecule has 1 atom stereocenters. The molecule has 2 heterocycles. The van der Waals surface area contributed by atoms with Crippen molar-refractivity contribution in [3.63, 3.8) is 0 Å². The van der Waals surface area contributed by atoms with Gasteiger partial charge in [0.1, 0.15) is 17.6 Å². The van der Waals surface area contributed by atoms with Crippen LogP contribution in [-0.4, -0.2) is 21.5 Å². The predicted octanol–water partition coefficient (Wildman–Crippen LogP) is 3.14. The molecule has 6 nitrogen and oxygen atoms in total. The van der Waals surface area contributed by atoms with Crippen LogP contribution in [0, 0.1) is 6.92 Å². The van der Waals surface area contributed by atoms with E-state index in [1.54, 1.807) is 12.4 Å². The first-order chi connectivity index (χ1) is 9.10. The number of oxazole rings is 1. The number of rotatable bonds is 5. The van der Waals surface area contributed by atoms with Gasteiger partial charge in [-0.15, -0.1) is 0 Å². The van der Waals surface area contributed by atoms with Crippen molar-refractivity contribution in [2.24, 2.45) is 0 Å². The van der Waals surface area contributed by atoms with E-state index in [4.69, 9.17) is 4.42 Å². The van der Waals surface area contributed by atoms with Gasteiger partial charge in [0.05, 0.1) is 10.7 Å². The van der Waals surface area contributed by atoms with Crippen LogP contribution in [0.15, 0.2) is 21.3 Å². The molecule has 0 saturated heterocycles. The molecule has 0 aliphatic rings. The van der Waals surface area contributed by atoms with E-state index in [1.807, 2.05) is 20.8 Å². The summed E-state index contributed by atoms with van der Waals surface area (Å²) in [5.74, 6) is 2.71. The van der Waals surface area contributed by atoms with Crippen molar-refractivity contribution in [3.05, 3.63) is 28.5 Å². The van der Waals surface area contributed by atoms with E-state index in [2.05, 4.69) is 41.5 Å².